The smallest absolute Gasteiger partial charge is 0.258 e. The summed E-state index contributed by atoms with van der Waals surface area (Å²) in [4.78, 5) is 44.9. The number of nitrogens with one attached hydrogen (secondary N) is 4. The first-order valence-electron chi connectivity index (χ1n) is 9.45. The van der Waals surface area contributed by atoms with Gasteiger partial charge in [-0.3, -0.25) is 19.4 Å². The monoisotopic (exact) mass is 473 g/mol. The van der Waals surface area contributed by atoms with Gasteiger partial charge < -0.3 is 20.7 Å². The number of aromatic amines is 1. The Hall–Kier alpha value is -3.56. The quantitative estimate of drug-likeness (QED) is 0.445. The Balaban J connectivity index is 1.64. The predicted molar refractivity (Wildman–Crippen MR) is 122 cm³/mol. The lowest BCUT2D eigenvalue weighted by molar-refractivity contribution is -0.123. The van der Waals surface area contributed by atoms with E-state index in [0.29, 0.717) is 22.1 Å². The number of benzene rings is 2. The van der Waals surface area contributed by atoms with Crippen molar-refractivity contribution in [2.75, 3.05) is 23.1 Å². The fourth-order valence-corrected chi connectivity index (χ4v) is 3.63. The Labute approximate surface area is 192 Å². The van der Waals surface area contributed by atoms with Crippen LogP contribution in [0.4, 0.5) is 23.1 Å². The molecule has 1 unspecified atom stereocenters. The molecule has 0 bridgehead atoms. The molecular weight excluding hydrogens is 457 g/mol. The predicted octanol–water partition coefficient (Wildman–Crippen LogP) is 3.89. The highest BCUT2D eigenvalue weighted by atomic mass is 35.5. The van der Waals surface area contributed by atoms with E-state index in [4.69, 9.17) is 27.9 Å². The van der Waals surface area contributed by atoms with Crippen LogP contribution in [-0.2, 0) is 9.59 Å². The number of hydrogen-bond donors (Lipinski definition) is 4. The number of aromatic nitrogens is 2. The summed E-state index contributed by atoms with van der Waals surface area (Å²) in [7, 11) is 1.51. The summed E-state index contributed by atoms with van der Waals surface area (Å²) in [5.41, 5.74) is 0.458. The fourth-order valence-electron chi connectivity index (χ4n) is 3.33. The second-order valence-corrected chi connectivity index (χ2v) is 7.74. The number of halogens is 2. The van der Waals surface area contributed by atoms with Gasteiger partial charge in [0.2, 0.25) is 17.8 Å². The van der Waals surface area contributed by atoms with Crippen LogP contribution in [0, 0.1) is 0 Å². The van der Waals surface area contributed by atoms with Gasteiger partial charge in [-0.25, -0.2) is 0 Å². The van der Waals surface area contributed by atoms with Crippen molar-refractivity contribution in [1.82, 2.24) is 9.97 Å². The van der Waals surface area contributed by atoms with Crippen molar-refractivity contribution in [2.45, 2.75) is 12.3 Å². The molecule has 2 amide bonds. The highest BCUT2D eigenvalue weighted by Crippen LogP contribution is 2.32. The average Bonchev–Trinajstić information content (AvgIpc) is 2.75. The maximum atomic E-state index is 12.9. The van der Waals surface area contributed by atoms with Gasteiger partial charge in [0, 0.05) is 12.1 Å². The first-order chi connectivity index (χ1) is 15.4. The molecular formula is C21H17Cl2N5O4. The summed E-state index contributed by atoms with van der Waals surface area (Å²) in [6, 6.07) is 11.6. The van der Waals surface area contributed by atoms with Gasteiger partial charge in [0.1, 0.15) is 11.6 Å². The van der Waals surface area contributed by atoms with Crippen LogP contribution in [0.5, 0.6) is 5.75 Å². The van der Waals surface area contributed by atoms with Gasteiger partial charge in [-0.2, -0.15) is 4.98 Å². The molecule has 1 aliphatic heterocycles. The molecule has 1 atom stereocenters. The number of carbonyl (C=O) groups excluding carboxylic acids is 2. The first kappa shape index (κ1) is 21.7. The van der Waals surface area contributed by atoms with Crippen LogP contribution in [0.15, 0.2) is 47.3 Å². The van der Waals surface area contributed by atoms with Crippen molar-refractivity contribution in [3.05, 3.63) is 68.4 Å². The van der Waals surface area contributed by atoms with Crippen LogP contribution in [0.3, 0.4) is 0 Å². The molecule has 2 aromatic carbocycles. The largest absolute Gasteiger partial charge is 0.495 e. The normalized spacial score (nSPS) is 14.8. The number of carbonyl (C=O) groups is 2. The summed E-state index contributed by atoms with van der Waals surface area (Å²) in [5.74, 6) is -1.38. The molecule has 0 fully saturated rings. The van der Waals surface area contributed by atoms with Crippen molar-refractivity contribution in [3.8, 4) is 5.75 Å². The molecule has 0 aliphatic carbocycles. The minimum atomic E-state index is -1.04. The lowest BCUT2D eigenvalue weighted by Crippen LogP contribution is -2.36. The van der Waals surface area contributed by atoms with Gasteiger partial charge in [-0.15, -0.1) is 0 Å². The Kier molecular flexibility index (Phi) is 6.02. The number of para-hydroxylation sites is 2. The number of amides is 2. The van der Waals surface area contributed by atoms with E-state index >= 15 is 0 Å². The molecule has 0 saturated heterocycles. The van der Waals surface area contributed by atoms with Crippen molar-refractivity contribution in [2.24, 2.45) is 0 Å². The Morgan fingerprint density at radius 3 is 2.69 bits per heavy atom. The molecule has 4 rings (SSSR count). The number of hydrogen-bond acceptors (Lipinski definition) is 6. The second-order valence-electron chi connectivity index (χ2n) is 6.93. The molecule has 2 heterocycles. The first-order valence-corrected chi connectivity index (χ1v) is 10.2. The van der Waals surface area contributed by atoms with E-state index < -0.39 is 23.3 Å². The maximum absolute atomic E-state index is 12.9. The molecule has 0 spiro atoms. The number of fused-ring (bicyclic) bond motifs is 1. The van der Waals surface area contributed by atoms with E-state index in [1.165, 1.54) is 19.2 Å². The highest BCUT2D eigenvalue weighted by Gasteiger charge is 2.35. The van der Waals surface area contributed by atoms with Crippen molar-refractivity contribution < 1.29 is 14.3 Å². The summed E-state index contributed by atoms with van der Waals surface area (Å²) in [6.07, 6.45) is -0.204. The van der Waals surface area contributed by atoms with Gasteiger partial charge in [-0.1, -0.05) is 35.3 Å². The van der Waals surface area contributed by atoms with E-state index in [2.05, 4.69) is 25.9 Å². The lowest BCUT2D eigenvalue weighted by Gasteiger charge is -2.24. The summed E-state index contributed by atoms with van der Waals surface area (Å²) in [5, 5.41) is 8.78. The molecule has 3 aromatic rings. The summed E-state index contributed by atoms with van der Waals surface area (Å²) < 4.78 is 5.28. The molecule has 164 valence electrons. The number of rotatable bonds is 5. The van der Waals surface area contributed by atoms with Crippen LogP contribution in [0.1, 0.15) is 17.9 Å². The van der Waals surface area contributed by atoms with E-state index in [1.807, 2.05) is 0 Å². The minimum Gasteiger partial charge on any atom is -0.495 e. The number of methoxy groups -OCH3 is 1. The Bertz CT molecular complexity index is 1280. The van der Waals surface area contributed by atoms with Gasteiger partial charge in [0.25, 0.3) is 5.56 Å². The van der Waals surface area contributed by atoms with Crippen LogP contribution in [0.25, 0.3) is 0 Å². The van der Waals surface area contributed by atoms with E-state index in [9.17, 15) is 14.4 Å². The van der Waals surface area contributed by atoms with Crippen LogP contribution in [-0.4, -0.2) is 28.9 Å². The number of ether oxygens (including phenoxy) is 1. The minimum absolute atomic E-state index is 0.0108. The SMILES string of the molecule is COc1ccccc1Nc1nc2c(c(=O)[nH]1)C(C(=O)Nc1ccc(Cl)c(Cl)c1)CC(=O)N2. The second kappa shape index (κ2) is 8.89. The zero-order valence-electron chi connectivity index (χ0n) is 16.7. The number of nitrogens with zero attached hydrogens (tertiary/aromatic N) is 1. The van der Waals surface area contributed by atoms with Gasteiger partial charge in [0.05, 0.1) is 34.3 Å². The van der Waals surface area contributed by atoms with E-state index in [0.717, 1.165) is 0 Å². The molecule has 0 radical (unpaired) electrons. The number of H-pyrrole nitrogens is 1. The van der Waals surface area contributed by atoms with E-state index in [-0.39, 0.29) is 28.8 Å². The van der Waals surface area contributed by atoms with Crippen LogP contribution < -0.4 is 26.2 Å². The van der Waals surface area contributed by atoms with Crippen LogP contribution >= 0.6 is 23.2 Å². The molecule has 1 aromatic heterocycles. The lowest BCUT2D eigenvalue weighted by atomic mass is 9.92. The third-order valence-corrected chi connectivity index (χ3v) is 5.55. The van der Waals surface area contributed by atoms with Crippen molar-refractivity contribution in [3.63, 3.8) is 0 Å². The highest BCUT2D eigenvalue weighted by molar-refractivity contribution is 6.42. The van der Waals surface area contributed by atoms with Crippen molar-refractivity contribution >= 4 is 58.2 Å². The third kappa shape index (κ3) is 4.39. The number of anilines is 4. The summed E-state index contributed by atoms with van der Waals surface area (Å²) >= 11 is 11.9. The Morgan fingerprint density at radius 1 is 1.16 bits per heavy atom. The maximum Gasteiger partial charge on any atom is 0.258 e. The fraction of sp³-hybridized carbons (Fsp3) is 0.143. The topological polar surface area (TPSA) is 125 Å². The molecule has 1 aliphatic rings. The van der Waals surface area contributed by atoms with Crippen LogP contribution in [0.2, 0.25) is 10.0 Å². The van der Waals surface area contributed by atoms with E-state index in [1.54, 1.807) is 30.3 Å². The van der Waals surface area contributed by atoms with Crippen molar-refractivity contribution in [1.29, 1.82) is 0 Å². The van der Waals surface area contributed by atoms with Gasteiger partial charge >= 0.3 is 0 Å². The molecule has 32 heavy (non-hydrogen) atoms. The standard InChI is InChI=1S/C21H17Cl2N5O4/c1-32-15-5-3-2-4-14(15)25-21-27-18-17(20(31)28-21)11(9-16(29)26-18)19(30)24-10-6-7-12(22)13(23)8-10/h2-8,11H,9H2,1H3,(H,24,30)(H3,25,26,27,28,29,31). The average molecular weight is 474 g/mol. The zero-order chi connectivity index (χ0) is 22.8. The molecule has 0 saturated carbocycles. The molecule has 4 N–H and O–H groups in total. The van der Waals surface area contributed by atoms with Gasteiger partial charge in [-0.05, 0) is 30.3 Å². The molecule has 11 heteroatoms. The summed E-state index contributed by atoms with van der Waals surface area (Å²) in [6.45, 7) is 0. The third-order valence-electron chi connectivity index (χ3n) is 4.81. The molecule has 9 nitrogen and oxygen atoms in total. The Morgan fingerprint density at radius 2 is 1.94 bits per heavy atom. The van der Waals surface area contributed by atoms with Gasteiger partial charge in [0.15, 0.2) is 0 Å². The zero-order valence-corrected chi connectivity index (χ0v) is 18.2.